The molecule has 2 heterocycles. The molecule has 0 aliphatic rings. The van der Waals surface area contributed by atoms with Gasteiger partial charge in [0, 0.05) is 37.7 Å². The highest BCUT2D eigenvalue weighted by atomic mass is 32.2. The van der Waals surface area contributed by atoms with Gasteiger partial charge in [0.2, 0.25) is 21.8 Å². The zero-order valence-corrected chi connectivity index (χ0v) is 16.7. The third-order valence-electron chi connectivity index (χ3n) is 3.58. The predicted molar refractivity (Wildman–Crippen MR) is 104 cm³/mol. The summed E-state index contributed by atoms with van der Waals surface area (Å²) in [5.41, 5.74) is 1.23. The second-order valence-electron chi connectivity index (χ2n) is 5.76. The number of thioether (sulfide) groups is 1. The fraction of sp³-hybridized carbons (Fsp3) is 0.176. The molecule has 2 aromatic heterocycles. The van der Waals surface area contributed by atoms with Crippen molar-refractivity contribution in [3.05, 3.63) is 48.8 Å². The Morgan fingerprint density at radius 3 is 2.43 bits per heavy atom. The number of rotatable bonds is 7. The van der Waals surface area contributed by atoms with E-state index in [1.807, 2.05) is 0 Å². The van der Waals surface area contributed by atoms with E-state index in [9.17, 15) is 13.2 Å². The summed E-state index contributed by atoms with van der Waals surface area (Å²) in [5, 5.41) is 10.8. The Labute approximate surface area is 166 Å². The number of anilines is 1. The van der Waals surface area contributed by atoms with Crippen molar-refractivity contribution in [2.75, 3.05) is 25.2 Å². The van der Waals surface area contributed by atoms with E-state index in [1.165, 1.54) is 38.4 Å². The number of sulfonamides is 1. The number of benzene rings is 1. The summed E-state index contributed by atoms with van der Waals surface area (Å²) >= 11 is 1.10. The van der Waals surface area contributed by atoms with Gasteiger partial charge >= 0.3 is 0 Å². The average molecular weight is 419 g/mol. The van der Waals surface area contributed by atoms with Crippen LogP contribution >= 0.6 is 11.8 Å². The third-order valence-corrected chi connectivity index (χ3v) is 6.22. The molecule has 146 valence electrons. The summed E-state index contributed by atoms with van der Waals surface area (Å²) in [6.45, 7) is 0. The van der Waals surface area contributed by atoms with Gasteiger partial charge in [0.25, 0.3) is 5.22 Å². The van der Waals surface area contributed by atoms with Crippen molar-refractivity contribution in [2.45, 2.75) is 10.1 Å². The van der Waals surface area contributed by atoms with Gasteiger partial charge in [-0.1, -0.05) is 11.8 Å². The lowest BCUT2D eigenvalue weighted by Gasteiger charge is -2.11. The van der Waals surface area contributed by atoms with E-state index in [1.54, 1.807) is 24.5 Å². The Morgan fingerprint density at radius 2 is 1.79 bits per heavy atom. The van der Waals surface area contributed by atoms with Gasteiger partial charge in [0.05, 0.1) is 10.6 Å². The highest BCUT2D eigenvalue weighted by Gasteiger charge is 2.17. The van der Waals surface area contributed by atoms with Gasteiger partial charge in [-0.15, -0.1) is 10.2 Å². The van der Waals surface area contributed by atoms with Gasteiger partial charge < -0.3 is 9.73 Å². The Bertz CT molecular complexity index is 1050. The molecule has 0 fully saturated rings. The van der Waals surface area contributed by atoms with Gasteiger partial charge in [-0.25, -0.2) is 12.7 Å². The molecule has 9 nitrogen and oxygen atoms in total. The van der Waals surface area contributed by atoms with Crippen LogP contribution in [0.4, 0.5) is 5.69 Å². The molecule has 1 aromatic carbocycles. The van der Waals surface area contributed by atoms with Crippen LogP contribution in [0.1, 0.15) is 0 Å². The number of hydrogen-bond acceptors (Lipinski definition) is 8. The number of nitrogens with one attached hydrogen (secondary N) is 1. The molecule has 0 saturated carbocycles. The largest absolute Gasteiger partial charge is 0.411 e. The minimum atomic E-state index is -3.50. The van der Waals surface area contributed by atoms with E-state index in [0.717, 1.165) is 21.6 Å². The van der Waals surface area contributed by atoms with Crippen LogP contribution in [0.5, 0.6) is 0 Å². The summed E-state index contributed by atoms with van der Waals surface area (Å²) in [6, 6.07) is 9.44. The van der Waals surface area contributed by atoms with E-state index in [4.69, 9.17) is 4.42 Å². The molecule has 11 heteroatoms. The average Bonchev–Trinajstić information content (AvgIpc) is 3.16. The molecule has 0 spiro atoms. The van der Waals surface area contributed by atoms with Gasteiger partial charge in [-0.3, -0.25) is 9.78 Å². The number of hydrogen-bond donors (Lipinski definition) is 1. The van der Waals surface area contributed by atoms with Crippen molar-refractivity contribution < 1.29 is 17.6 Å². The van der Waals surface area contributed by atoms with Crippen LogP contribution in [0.3, 0.4) is 0 Å². The Kier molecular flexibility index (Phi) is 6.07. The van der Waals surface area contributed by atoms with E-state index in [2.05, 4.69) is 20.5 Å². The normalized spacial score (nSPS) is 11.5. The fourth-order valence-electron chi connectivity index (χ4n) is 2.12. The van der Waals surface area contributed by atoms with E-state index in [0.29, 0.717) is 11.6 Å². The first-order valence-electron chi connectivity index (χ1n) is 8.05. The molecule has 3 aromatic rings. The van der Waals surface area contributed by atoms with Crippen molar-refractivity contribution in [1.82, 2.24) is 19.5 Å². The molecule has 3 rings (SSSR count). The Morgan fingerprint density at radius 1 is 1.11 bits per heavy atom. The van der Waals surface area contributed by atoms with Gasteiger partial charge in [-0.2, -0.15) is 0 Å². The molecule has 0 aliphatic carbocycles. The standard InChI is InChI=1S/C17H17N5O4S2/c1-22(2)28(24,25)14-5-3-13(4-6-14)19-15(23)11-27-17-21-20-16(26-17)12-7-9-18-10-8-12/h3-10H,11H2,1-2H3,(H,19,23). The molecule has 0 atom stereocenters. The lowest BCUT2D eigenvalue weighted by Crippen LogP contribution is -2.22. The number of nitrogens with zero attached hydrogens (tertiary/aromatic N) is 4. The highest BCUT2D eigenvalue weighted by Crippen LogP contribution is 2.23. The van der Waals surface area contributed by atoms with Crippen LogP contribution in [0.25, 0.3) is 11.5 Å². The van der Waals surface area contributed by atoms with Crippen LogP contribution in [0, 0.1) is 0 Å². The number of amides is 1. The maximum absolute atomic E-state index is 12.1. The van der Waals surface area contributed by atoms with Crippen molar-refractivity contribution in [1.29, 1.82) is 0 Å². The smallest absolute Gasteiger partial charge is 0.277 e. The molecule has 0 unspecified atom stereocenters. The zero-order valence-electron chi connectivity index (χ0n) is 15.1. The molecule has 1 amide bonds. The minimum Gasteiger partial charge on any atom is -0.411 e. The summed E-state index contributed by atoms with van der Waals surface area (Å²) < 4.78 is 30.7. The number of pyridine rings is 1. The topological polar surface area (TPSA) is 118 Å². The van der Waals surface area contributed by atoms with Crippen LogP contribution in [-0.4, -0.2) is 53.7 Å². The highest BCUT2D eigenvalue weighted by molar-refractivity contribution is 7.99. The summed E-state index contributed by atoms with van der Waals surface area (Å²) in [6.07, 6.45) is 3.24. The quantitative estimate of drug-likeness (QED) is 0.579. The van der Waals surface area contributed by atoms with Crippen molar-refractivity contribution in [2.24, 2.45) is 0 Å². The number of carbonyl (C=O) groups excluding carboxylic acids is 1. The van der Waals surface area contributed by atoms with Crippen LogP contribution in [0.15, 0.2) is 63.3 Å². The first-order valence-corrected chi connectivity index (χ1v) is 10.5. The Hall–Kier alpha value is -2.76. The Balaban J connectivity index is 1.56. The lowest BCUT2D eigenvalue weighted by molar-refractivity contribution is -0.113. The molecule has 1 N–H and O–H groups in total. The maximum atomic E-state index is 12.1. The molecule has 0 radical (unpaired) electrons. The van der Waals surface area contributed by atoms with Crippen LogP contribution < -0.4 is 5.32 Å². The second kappa shape index (κ2) is 8.50. The van der Waals surface area contributed by atoms with Crippen molar-refractivity contribution in [3.63, 3.8) is 0 Å². The summed E-state index contributed by atoms with van der Waals surface area (Å²) in [7, 11) is -0.588. The predicted octanol–water partition coefficient (Wildman–Crippen LogP) is 2.11. The molecule has 0 aliphatic heterocycles. The maximum Gasteiger partial charge on any atom is 0.277 e. The van der Waals surface area contributed by atoms with Gasteiger partial charge in [0.1, 0.15) is 0 Å². The first-order chi connectivity index (χ1) is 13.4. The van der Waals surface area contributed by atoms with E-state index < -0.39 is 10.0 Å². The lowest BCUT2D eigenvalue weighted by atomic mass is 10.3. The SMILES string of the molecule is CN(C)S(=O)(=O)c1ccc(NC(=O)CSc2nnc(-c3ccncc3)o2)cc1. The number of aromatic nitrogens is 3. The summed E-state index contributed by atoms with van der Waals surface area (Å²) in [4.78, 5) is 16.2. The molecule has 0 bridgehead atoms. The molecular formula is C17H17N5O4S2. The zero-order chi connectivity index (χ0) is 20.1. The van der Waals surface area contributed by atoms with Crippen LogP contribution in [0.2, 0.25) is 0 Å². The molecular weight excluding hydrogens is 402 g/mol. The van der Waals surface area contributed by atoms with Gasteiger partial charge in [-0.05, 0) is 36.4 Å². The summed E-state index contributed by atoms with van der Waals surface area (Å²) in [5.74, 6) is 0.135. The number of carbonyl (C=O) groups is 1. The fourth-order valence-corrected chi connectivity index (χ4v) is 3.59. The third kappa shape index (κ3) is 4.74. The monoisotopic (exact) mass is 419 g/mol. The molecule has 0 saturated heterocycles. The minimum absolute atomic E-state index is 0.0652. The molecule has 28 heavy (non-hydrogen) atoms. The van der Waals surface area contributed by atoms with Crippen molar-refractivity contribution >= 4 is 33.4 Å². The first kappa shape index (κ1) is 20.0. The van der Waals surface area contributed by atoms with Crippen molar-refractivity contribution in [3.8, 4) is 11.5 Å². The van der Waals surface area contributed by atoms with Gasteiger partial charge in [0.15, 0.2) is 0 Å². The van der Waals surface area contributed by atoms with E-state index >= 15 is 0 Å². The van der Waals surface area contributed by atoms with E-state index in [-0.39, 0.29) is 21.8 Å². The second-order valence-corrected chi connectivity index (χ2v) is 8.84. The van der Waals surface area contributed by atoms with Crippen LogP contribution in [-0.2, 0) is 14.8 Å².